The van der Waals surface area contributed by atoms with Gasteiger partial charge < -0.3 is 0 Å². The number of rotatable bonds is 0. The molecule has 0 spiro atoms. The fourth-order valence-electron chi connectivity index (χ4n) is 1.01. The summed E-state index contributed by atoms with van der Waals surface area (Å²) in [6.45, 7) is -3.67. The van der Waals surface area contributed by atoms with Gasteiger partial charge in [-0.1, -0.05) is 66.7 Å². The summed E-state index contributed by atoms with van der Waals surface area (Å²) in [6.07, 6.45) is -4.21. The van der Waals surface area contributed by atoms with Crippen LogP contribution in [-0.2, 0) is 6.18 Å². The Balaban J connectivity index is 0.000000307. The van der Waals surface area contributed by atoms with Gasteiger partial charge in [0.1, 0.15) is 0 Å². The molecule has 2 aromatic carbocycles. The first-order valence-corrected chi connectivity index (χ1v) is 5.38. The Morgan fingerprint density at radius 2 is 0.850 bits per heavy atom. The molecule has 20 heavy (non-hydrogen) atoms. The van der Waals surface area contributed by atoms with Crippen molar-refractivity contribution in [1.82, 2.24) is 0 Å². The number of alkyl halides is 6. The van der Waals surface area contributed by atoms with Crippen molar-refractivity contribution in [3.05, 3.63) is 72.3 Å². The van der Waals surface area contributed by atoms with Gasteiger partial charge in [0.25, 0.3) is 0 Å². The van der Waals surface area contributed by atoms with Crippen molar-refractivity contribution in [2.24, 2.45) is 0 Å². The standard InChI is InChI=1S/C7H5F3.C6H6.CHF3/c8-7(9,10)6-4-2-1-3-5-6;1-2-4-6-5-3-1;2-1(3)4/h1-5H;1-6H;1H. The fourth-order valence-corrected chi connectivity index (χ4v) is 1.01. The first kappa shape index (κ1) is 18.0. The molecule has 0 radical (unpaired) electrons. The first-order valence-electron chi connectivity index (χ1n) is 5.38. The van der Waals surface area contributed by atoms with E-state index in [9.17, 15) is 26.3 Å². The molecular weight excluding hydrogens is 282 g/mol. The van der Waals surface area contributed by atoms with Gasteiger partial charge in [0, 0.05) is 0 Å². The molecule has 110 valence electrons. The van der Waals surface area contributed by atoms with Crippen LogP contribution in [0.3, 0.4) is 0 Å². The maximum absolute atomic E-state index is 11.8. The molecule has 0 unspecified atom stereocenters. The van der Waals surface area contributed by atoms with Gasteiger partial charge in [-0.15, -0.1) is 0 Å². The molecule has 0 aliphatic carbocycles. The lowest BCUT2D eigenvalue weighted by Crippen LogP contribution is -2.03. The van der Waals surface area contributed by atoms with Crippen LogP contribution in [0.5, 0.6) is 0 Å². The zero-order valence-electron chi connectivity index (χ0n) is 10.2. The van der Waals surface area contributed by atoms with Crippen LogP contribution >= 0.6 is 0 Å². The van der Waals surface area contributed by atoms with Crippen LogP contribution in [0.2, 0.25) is 0 Å². The van der Waals surface area contributed by atoms with E-state index in [1.165, 1.54) is 12.1 Å². The van der Waals surface area contributed by atoms with Crippen LogP contribution in [0.1, 0.15) is 5.56 Å². The van der Waals surface area contributed by atoms with Gasteiger partial charge in [-0.3, -0.25) is 0 Å². The molecule has 0 nitrogen and oxygen atoms in total. The lowest BCUT2D eigenvalue weighted by atomic mass is 10.2. The Labute approximate surface area is 112 Å². The minimum atomic E-state index is -4.21. The third-order valence-electron chi connectivity index (χ3n) is 1.77. The van der Waals surface area contributed by atoms with Crippen molar-refractivity contribution in [2.45, 2.75) is 12.9 Å². The highest BCUT2D eigenvalue weighted by atomic mass is 19.4. The molecule has 0 saturated carbocycles. The predicted molar refractivity (Wildman–Crippen MR) is 65.0 cm³/mol. The first-order chi connectivity index (χ1) is 9.34. The molecule has 0 bridgehead atoms. The van der Waals surface area contributed by atoms with Crippen LogP contribution in [-0.4, -0.2) is 6.68 Å². The Morgan fingerprint density at radius 3 is 1.05 bits per heavy atom. The summed E-state index contributed by atoms with van der Waals surface area (Å²) < 4.78 is 64.4. The van der Waals surface area contributed by atoms with Crippen molar-refractivity contribution >= 4 is 0 Å². The Hall–Kier alpha value is -1.98. The summed E-state index contributed by atoms with van der Waals surface area (Å²) >= 11 is 0. The summed E-state index contributed by atoms with van der Waals surface area (Å²) in [5.74, 6) is 0. The quantitative estimate of drug-likeness (QED) is 0.557. The lowest BCUT2D eigenvalue weighted by Gasteiger charge is -2.03. The second-order valence-corrected chi connectivity index (χ2v) is 3.27. The maximum Gasteiger partial charge on any atom is 0.416 e. The SMILES string of the molecule is FC(F)(F)c1ccccc1.FC(F)F.c1ccccc1. The van der Waals surface area contributed by atoms with Gasteiger partial charge in [-0.2, -0.15) is 26.3 Å². The molecule has 0 saturated heterocycles. The van der Waals surface area contributed by atoms with Crippen molar-refractivity contribution in [3.63, 3.8) is 0 Å². The molecule has 0 amide bonds. The summed E-state index contributed by atoms with van der Waals surface area (Å²) in [7, 11) is 0. The van der Waals surface area contributed by atoms with Crippen LogP contribution in [0.25, 0.3) is 0 Å². The number of hydrogen-bond acceptors (Lipinski definition) is 0. The highest BCUT2D eigenvalue weighted by Crippen LogP contribution is 2.28. The average molecular weight is 294 g/mol. The molecule has 0 N–H and O–H groups in total. The molecule has 6 heteroatoms. The predicted octanol–water partition coefficient (Wildman–Crippen LogP) is 5.57. The van der Waals surface area contributed by atoms with E-state index < -0.39 is 18.4 Å². The monoisotopic (exact) mass is 294 g/mol. The topological polar surface area (TPSA) is 0 Å². The van der Waals surface area contributed by atoms with E-state index >= 15 is 0 Å². The Kier molecular flexibility index (Phi) is 8.91. The van der Waals surface area contributed by atoms with Crippen molar-refractivity contribution in [2.75, 3.05) is 0 Å². The van der Waals surface area contributed by atoms with E-state index in [4.69, 9.17) is 0 Å². The molecule has 0 aliphatic rings. The summed E-state index contributed by atoms with van der Waals surface area (Å²) in [5, 5.41) is 0. The van der Waals surface area contributed by atoms with E-state index in [-0.39, 0.29) is 0 Å². The van der Waals surface area contributed by atoms with Gasteiger partial charge in [0.15, 0.2) is 0 Å². The summed E-state index contributed by atoms with van der Waals surface area (Å²) in [5.41, 5.74) is -0.602. The smallest absolute Gasteiger partial charge is 0.174 e. The lowest BCUT2D eigenvalue weighted by molar-refractivity contribution is -0.137. The number of benzene rings is 2. The third kappa shape index (κ3) is 11.1. The second-order valence-electron chi connectivity index (χ2n) is 3.27. The van der Waals surface area contributed by atoms with Crippen molar-refractivity contribution in [3.8, 4) is 0 Å². The third-order valence-corrected chi connectivity index (χ3v) is 1.77. The molecular formula is C14H12F6. The van der Waals surface area contributed by atoms with Gasteiger partial charge in [-0.25, -0.2) is 0 Å². The molecule has 2 aromatic rings. The van der Waals surface area contributed by atoms with Crippen molar-refractivity contribution < 1.29 is 26.3 Å². The zero-order chi connectivity index (χ0) is 15.4. The summed E-state index contributed by atoms with van der Waals surface area (Å²) in [4.78, 5) is 0. The van der Waals surface area contributed by atoms with Crippen LogP contribution in [0.4, 0.5) is 26.3 Å². The van der Waals surface area contributed by atoms with Crippen LogP contribution in [0.15, 0.2) is 66.7 Å². The molecule has 0 aromatic heterocycles. The van der Waals surface area contributed by atoms with Gasteiger partial charge in [0.05, 0.1) is 5.56 Å². The number of hydrogen-bond donors (Lipinski definition) is 0. The summed E-state index contributed by atoms with van der Waals surface area (Å²) in [6, 6.07) is 18.4. The molecule has 2 rings (SSSR count). The minimum absolute atomic E-state index is 0.602. The fraction of sp³-hybridized carbons (Fsp3) is 0.143. The molecule has 0 aliphatic heterocycles. The van der Waals surface area contributed by atoms with E-state index in [0.29, 0.717) is 0 Å². The second kappa shape index (κ2) is 9.89. The van der Waals surface area contributed by atoms with E-state index in [2.05, 4.69) is 0 Å². The van der Waals surface area contributed by atoms with E-state index in [1.807, 2.05) is 36.4 Å². The highest BCUT2D eigenvalue weighted by molar-refractivity contribution is 5.17. The average Bonchev–Trinajstić information content (AvgIpc) is 2.41. The highest BCUT2D eigenvalue weighted by Gasteiger charge is 2.29. The van der Waals surface area contributed by atoms with Gasteiger partial charge >= 0.3 is 12.9 Å². The number of halogens is 6. The Bertz CT molecular complexity index is 395. The van der Waals surface area contributed by atoms with Crippen LogP contribution < -0.4 is 0 Å². The Morgan fingerprint density at radius 1 is 0.600 bits per heavy atom. The van der Waals surface area contributed by atoms with Crippen molar-refractivity contribution in [1.29, 1.82) is 0 Å². The normalized spacial score (nSPS) is 9.95. The van der Waals surface area contributed by atoms with Gasteiger partial charge in [0.2, 0.25) is 0 Å². The van der Waals surface area contributed by atoms with Crippen LogP contribution in [0, 0.1) is 0 Å². The van der Waals surface area contributed by atoms with E-state index in [1.54, 1.807) is 6.07 Å². The molecule has 0 fully saturated rings. The maximum atomic E-state index is 11.8. The molecule has 0 atom stereocenters. The largest absolute Gasteiger partial charge is 0.416 e. The minimum Gasteiger partial charge on any atom is -0.174 e. The molecule has 0 heterocycles. The van der Waals surface area contributed by atoms with Gasteiger partial charge in [-0.05, 0) is 0 Å². The zero-order valence-corrected chi connectivity index (χ0v) is 10.2. The van der Waals surface area contributed by atoms with E-state index in [0.717, 1.165) is 12.1 Å².